The Balaban J connectivity index is 1.60. The Morgan fingerprint density at radius 3 is 2.38 bits per heavy atom. The summed E-state index contributed by atoms with van der Waals surface area (Å²) in [5, 5.41) is 9.75. The highest BCUT2D eigenvalue weighted by molar-refractivity contribution is 4.77. The van der Waals surface area contributed by atoms with E-state index in [9.17, 15) is 5.11 Å². The largest absolute Gasteiger partial charge is 0.393 e. The summed E-state index contributed by atoms with van der Waals surface area (Å²) in [4.78, 5) is 0. The van der Waals surface area contributed by atoms with Crippen molar-refractivity contribution in [3.8, 4) is 0 Å². The lowest BCUT2D eigenvalue weighted by molar-refractivity contribution is 0.0638. The van der Waals surface area contributed by atoms with E-state index in [-0.39, 0.29) is 6.10 Å². The van der Waals surface area contributed by atoms with Gasteiger partial charge in [0.05, 0.1) is 6.10 Å². The van der Waals surface area contributed by atoms with Crippen LogP contribution in [0.2, 0.25) is 0 Å². The maximum absolute atomic E-state index is 9.75. The van der Waals surface area contributed by atoms with Crippen LogP contribution in [0.4, 0.5) is 0 Å². The van der Waals surface area contributed by atoms with Crippen molar-refractivity contribution >= 4 is 0 Å². The average Bonchev–Trinajstić information content (AvgIpc) is 2.92. The van der Waals surface area contributed by atoms with Crippen LogP contribution in [0, 0.1) is 11.8 Å². The van der Waals surface area contributed by atoms with Crippen molar-refractivity contribution in [1.29, 1.82) is 0 Å². The predicted molar refractivity (Wildman–Crippen MR) is 54.5 cm³/mol. The molecule has 1 N–H and O–H groups in total. The van der Waals surface area contributed by atoms with Crippen molar-refractivity contribution in [2.24, 2.45) is 11.8 Å². The normalized spacial score (nSPS) is 34.8. The van der Waals surface area contributed by atoms with Gasteiger partial charge in [0.25, 0.3) is 0 Å². The summed E-state index contributed by atoms with van der Waals surface area (Å²) in [6.07, 6.45) is 12.0. The van der Waals surface area contributed by atoms with Crippen molar-refractivity contribution in [3.63, 3.8) is 0 Å². The number of hydrogen-bond donors (Lipinski definition) is 1. The van der Waals surface area contributed by atoms with E-state index in [2.05, 4.69) is 0 Å². The second-order valence-electron chi connectivity index (χ2n) is 4.99. The summed E-state index contributed by atoms with van der Waals surface area (Å²) in [6, 6.07) is 0. The van der Waals surface area contributed by atoms with Crippen LogP contribution in [-0.4, -0.2) is 11.2 Å². The number of rotatable bonds is 4. The zero-order valence-electron chi connectivity index (χ0n) is 8.54. The molecular weight excluding hydrogens is 160 g/mol. The van der Waals surface area contributed by atoms with E-state index in [0.717, 1.165) is 12.3 Å². The highest BCUT2D eigenvalue weighted by atomic mass is 16.3. The van der Waals surface area contributed by atoms with E-state index in [0.29, 0.717) is 5.92 Å². The van der Waals surface area contributed by atoms with E-state index >= 15 is 0 Å². The number of aliphatic hydroxyl groups excluding tert-OH is 1. The topological polar surface area (TPSA) is 20.2 Å². The summed E-state index contributed by atoms with van der Waals surface area (Å²) in [5.41, 5.74) is 0. The molecule has 2 saturated carbocycles. The Morgan fingerprint density at radius 2 is 1.69 bits per heavy atom. The van der Waals surface area contributed by atoms with Crippen LogP contribution in [-0.2, 0) is 0 Å². The summed E-state index contributed by atoms with van der Waals surface area (Å²) >= 11 is 0. The second-order valence-corrected chi connectivity index (χ2v) is 4.99. The predicted octanol–water partition coefficient (Wildman–Crippen LogP) is 3.12. The smallest absolute Gasteiger partial charge is 0.0568 e. The van der Waals surface area contributed by atoms with Gasteiger partial charge in [-0.05, 0) is 31.1 Å². The van der Waals surface area contributed by atoms with Gasteiger partial charge in [-0.15, -0.1) is 0 Å². The molecule has 0 aromatic rings. The summed E-state index contributed by atoms with van der Waals surface area (Å²) in [6.45, 7) is 0. The molecule has 13 heavy (non-hydrogen) atoms. The number of aliphatic hydroxyl groups is 1. The molecular formula is C12H22O. The fraction of sp³-hybridized carbons (Fsp3) is 1.00. The van der Waals surface area contributed by atoms with Crippen LogP contribution in [0.1, 0.15) is 57.8 Å². The Morgan fingerprint density at radius 1 is 0.923 bits per heavy atom. The molecule has 2 aliphatic rings. The first-order valence-corrected chi connectivity index (χ1v) is 6.04. The van der Waals surface area contributed by atoms with Gasteiger partial charge in [-0.1, -0.05) is 38.5 Å². The van der Waals surface area contributed by atoms with Gasteiger partial charge < -0.3 is 5.11 Å². The molecule has 0 amide bonds. The highest BCUT2D eigenvalue weighted by Gasteiger charge is 2.24. The van der Waals surface area contributed by atoms with Gasteiger partial charge in [-0.2, -0.15) is 0 Å². The average molecular weight is 182 g/mol. The molecule has 0 spiro atoms. The number of hydrogen-bond acceptors (Lipinski definition) is 1. The van der Waals surface area contributed by atoms with Gasteiger partial charge >= 0.3 is 0 Å². The minimum Gasteiger partial charge on any atom is -0.393 e. The van der Waals surface area contributed by atoms with E-state index < -0.39 is 0 Å². The fourth-order valence-electron chi connectivity index (χ4n) is 2.60. The third kappa shape index (κ3) is 2.98. The summed E-state index contributed by atoms with van der Waals surface area (Å²) in [5.74, 6) is 1.72. The minimum atomic E-state index is 0.0351. The third-order valence-electron chi connectivity index (χ3n) is 3.75. The van der Waals surface area contributed by atoms with Crippen molar-refractivity contribution < 1.29 is 5.11 Å². The van der Waals surface area contributed by atoms with E-state index in [4.69, 9.17) is 0 Å². The van der Waals surface area contributed by atoms with E-state index in [1.807, 2.05) is 0 Å². The molecule has 0 aromatic carbocycles. The molecule has 0 saturated heterocycles. The minimum absolute atomic E-state index is 0.0351. The zero-order chi connectivity index (χ0) is 9.10. The molecule has 76 valence electrons. The Labute approximate surface area is 81.5 Å². The maximum atomic E-state index is 9.75. The molecule has 1 heteroatoms. The molecule has 2 fully saturated rings. The molecule has 0 aromatic heterocycles. The van der Waals surface area contributed by atoms with Crippen LogP contribution in [0.3, 0.4) is 0 Å². The van der Waals surface area contributed by atoms with Gasteiger partial charge in [0.1, 0.15) is 0 Å². The van der Waals surface area contributed by atoms with Crippen molar-refractivity contribution in [3.05, 3.63) is 0 Å². The Kier molecular flexibility index (Phi) is 3.26. The monoisotopic (exact) mass is 182 g/mol. The molecule has 0 bridgehead atoms. The second kappa shape index (κ2) is 4.45. The van der Waals surface area contributed by atoms with Crippen LogP contribution in [0.15, 0.2) is 0 Å². The Hall–Kier alpha value is -0.0400. The molecule has 1 nitrogen and oxygen atoms in total. The lowest BCUT2D eigenvalue weighted by Gasteiger charge is -2.27. The standard InChI is InChI=1S/C12H22O/c13-12-7-2-1-5-11(12)6-3-4-10-8-9-10/h10-13H,1-9H2/t11-,12+/m0/s1. The molecule has 2 rings (SSSR count). The summed E-state index contributed by atoms with van der Waals surface area (Å²) < 4.78 is 0. The van der Waals surface area contributed by atoms with Gasteiger partial charge in [-0.25, -0.2) is 0 Å². The van der Waals surface area contributed by atoms with Crippen LogP contribution in [0.5, 0.6) is 0 Å². The van der Waals surface area contributed by atoms with Crippen LogP contribution >= 0.6 is 0 Å². The van der Waals surface area contributed by atoms with Crippen molar-refractivity contribution in [2.75, 3.05) is 0 Å². The molecule has 0 unspecified atom stereocenters. The van der Waals surface area contributed by atoms with Gasteiger partial charge in [0.15, 0.2) is 0 Å². The SMILES string of the molecule is O[C@@H]1CCCC[C@H]1CCCC1CC1. The van der Waals surface area contributed by atoms with Gasteiger partial charge in [0.2, 0.25) is 0 Å². The van der Waals surface area contributed by atoms with Crippen LogP contribution < -0.4 is 0 Å². The first-order chi connectivity index (χ1) is 6.36. The van der Waals surface area contributed by atoms with E-state index in [1.165, 1.54) is 51.4 Å². The molecule has 0 aliphatic heterocycles. The van der Waals surface area contributed by atoms with Crippen molar-refractivity contribution in [1.82, 2.24) is 0 Å². The molecule has 0 radical (unpaired) electrons. The molecule has 2 aliphatic carbocycles. The fourth-order valence-corrected chi connectivity index (χ4v) is 2.60. The Bertz CT molecular complexity index is 151. The lowest BCUT2D eigenvalue weighted by Crippen LogP contribution is -2.24. The highest BCUT2D eigenvalue weighted by Crippen LogP contribution is 2.36. The first-order valence-electron chi connectivity index (χ1n) is 6.04. The first kappa shape index (κ1) is 9.51. The van der Waals surface area contributed by atoms with E-state index in [1.54, 1.807) is 0 Å². The zero-order valence-corrected chi connectivity index (χ0v) is 8.54. The van der Waals surface area contributed by atoms with Gasteiger partial charge in [0, 0.05) is 0 Å². The molecule has 2 atom stereocenters. The third-order valence-corrected chi connectivity index (χ3v) is 3.75. The molecule has 0 heterocycles. The van der Waals surface area contributed by atoms with Gasteiger partial charge in [-0.3, -0.25) is 0 Å². The quantitative estimate of drug-likeness (QED) is 0.708. The van der Waals surface area contributed by atoms with Crippen molar-refractivity contribution in [2.45, 2.75) is 63.9 Å². The summed E-state index contributed by atoms with van der Waals surface area (Å²) in [7, 11) is 0. The van der Waals surface area contributed by atoms with Crippen LogP contribution in [0.25, 0.3) is 0 Å². The maximum Gasteiger partial charge on any atom is 0.0568 e. The lowest BCUT2D eigenvalue weighted by atomic mass is 9.83.